The van der Waals surface area contributed by atoms with Crippen molar-refractivity contribution in [3.63, 3.8) is 0 Å². The number of hydrogen-bond donors (Lipinski definition) is 2. The van der Waals surface area contributed by atoms with Crippen molar-refractivity contribution in [2.75, 3.05) is 23.3 Å². The molecule has 1 saturated heterocycles. The molecule has 0 bridgehead atoms. The van der Waals surface area contributed by atoms with Crippen molar-refractivity contribution in [2.45, 2.75) is 32.7 Å². The van der Waals surface area contributed by atoms with E-state index in [2.05, 4.69) is 35.4 Å². The second-order valence-electron chi connectivity index (χ2n) is 8.30. The van der Waals surface area contributed by atoms with E-state index in [0.29, 0.717) is 17.6 Å². The second-order valence-corrected chi connectivity index (χ2v) is 8.30. The van der Waals surface area contributed by atoms with Crippen LogP contribution in [0.3, 0.4) is 0 Å². The zero-order chi connectivity index (χ0) is 22.8. The third kappa shape index (κ3) is 4.21. The average molecular weight is 443 g/mol. The molecule has 2 aromatic heterocycles. The van der Waals surface area contributed by atoms with Crippen molar-refractivity contribution < 1.29 is 5.11 Å². The Morgan fingerprint density at radius 1 is 0.909 bits per heavy atom. The SMILES string of the molecule is CC(C)n1c(O)c(N=Nc2nc(Nc3ccccc3)nc(N3CCCC3)n2)c2ccccc21. The average Bonchev–Trinajstić information content (AvgIpc) is 3.44. The monoisotopic (exact) mass is 442 g/mol. The van der Waals surface area contributed by atoms with Gasteiger partial charge in [0.25, 0.3) is 5.95 Å². The molecule has 0 aliphatic carbocycles. The first-order valence-electron chi connectivity index (χ1n) is 11.2. The van der Waals surface area contributed by atoms with Crippen LogP contribution in [0.25, 0.3) is 10.9 Å². The van der Waals surface area contributed by atoms with Crippen LogP contribution in [0.1, 0.15) is 32.7 Å². The molecule has 0 spiro atoms. The summed E-state index contributed by atoms with van der Waals surface area (Å²) in [5.74, 6) is 1.24. The lowest BCUT2D eigenvalue weighted by molar-refractivity contribution is 0.407. The molecule has 1 aliphatic heterocycles. The second kappa shape index (κ2) is 8.85. The maximum atomic E-state index is 10.9. The number of para-hydroxylation sites is 2. The highest BCUT2D eigenvalue weighted by molar-refractivity contribution is 5.95. The normalized spacial score (nSPS) is 14.1. The van der Waals surface area contributed by atoms with Crippen molar-refractivity contribution in [1.29, 1.82) is 0 Å². The van der Waals surface area contributed by atoms with Crippen LogP contribution in [0.5, 0.6) is 5.88 Å². The zero-order valence-corrected chi connectivity index (χ0v) is 18.7. The van der Waals surface area contributed by atoms with Crippen LogP contribution in [0.4, 0.5) is 29.2 Å². The number of nitrogens with one attached hydrogen (secondary N) is 1. The molecule has 1 fully saturated rings. The number of nitrogens with zero attached hydrogens (tertiary/aromatic N) is 7. The molecular formula is C24H26N8O. The van der Waals surface area contributed by atoms with Crippen LogP contribution in [0.15, 0.2) is 64.8 Å². The van der Waals surface area contributed by atoms with Gasteiger partial charge in [-0.3, -0.25) is 0 Å². The maximum Gasteiger partial charge on any atom is 0.275 e. The third-order valence-corrected chi connectivity index (χ3v) is 5.65. The summed E-state index contributed by atoms with van der Waals surface area (Å²) in [6.45, 7) is 5.83. The summed E-state index contributed by atoms with van der Waals surface area (Å²) < 4.78 is 1.84. The van der Waals surface area contributed by atoms with Gasteiger partial charge in [-0.15, -0.1) is 10.2 Å². The smallest absolute Gasteiger partial charge is 0.275 e. The lowest BCUT2D eigenvalue weighted by Crippen LogP contribution is -2.21. The summed E-state index contributed by atoms with van der Waals surface area (Å²) in [4.78, 5) is 15.7. The van der Waals surface area contributed by atoms with Crippen molar-refractivity contribution in [3.05, 3.63) is 54.6 Å². The standard InChI is InChI=1S/C24H26N8O/c1-16(2)32-19-13-7-6-12-18(19)20(21(32)33)29-30-23-26-22(25-17-10-4-3-5-11-17)27-24(28-23)31-14-8-9-15-31/h3-7,10-13,16,33H,8-9,14-15H2,1-2H3,(H,25,26,27,28). The lowest BCUT2D eigenvalue weighted by atomic mass is 10.2. The Hall–Kier alpha value is -4.01. The molecule has 33 heavy (non-hydrogen) atoms. The lowest BCUT2D eigenvalue weighted by Gasteiger charge is -2.15. The van der Waals surface area contributed by atoms with E-state index in [0.717, 1.165) is 42.5 Å². The number of fused-ring (bicyclic) bond motifs is 1. The van der Waals surface area contributed by atoms with E-state index in [1.165, 1.54) is 0 Å². The molecule has 0 atom stereocenters. The van der Waals surface area contributed by atoms with Crippen LogP contribution in [0, 0.1) is 0 Å². The van der Waals surface area contributed by atoms with Gasteiger partial charge in [-0.05, 0) is 44.9 Å². The third-order valence-electron chi connectivity index (χ3n) is 5.65. The number of benzene rings is 2. The minimum Gasteiger partial charge on any atom is -0.493 e. The van der Waals surface area contributed by atoms with Gasteiger partial charge in [-0.2, -0.15) is 15.0 Å². The summed E-state index contributed by atoms with van der Waals surface area (Å²) >= 11 is 0. The highest BCUT2D eigenvalue weighted by Crippen LogP contribution is 2.41. The highest BCUT2D eigenvalue weighted by atomic mass is 16.3. The molecule has 168 valence electrons. The zero-order valence-electron chi connectivity index (χ0n) is 18.7. The maximum absolute atomic E-state index is 10.9. The van der Waals surface area contributed by atoms with Gasteiger partial charge in [0.15, 0.2) is 5.69 Å². The van der Waals surface area contributed by atoms with Crippen LogP contribution < -0.4 is 10.2 Å². The van der Waals surface area contributed by atoms with Crippen LogP contribution in [-0.4, -0.2) is 37.7 Å². The van der Waals surface area contributed by atoms with Gasteiger partial charge >= 0.3 is 0 Å². The molecular weight excluding hydrogens is 416 g/mol. The Kier molecular flexibility index (Phi) is 5.60. The van der Waals surface area contributed by atoms with Gasteiger partial charge in [-0.25, -0.2) is 0 Å². The van der Waals surface area contributed by atoms with E-state index < -0.39 is 0 Å². The van der Waals surface area contributed by atoms with Crippen molar-refractivity contribution in [3.8, 4) is 5.88 Å². The Morgan fingerprint density at radius 2 is 1.64 bits per heavy atom. The van der Waals surface area contributed by atoms with Crippen molar-refractivity contribution in [1.82, 2.24) is 19.5 Å². The van der Waals surface area contributed by atoms with Gasteiger partial charge in [0.1, 0.15) is 0 Å². The fraction of sp³-hybridized carbons (Fsp3) is 0.292. The quantitative estimate of drug-likeness (QED) is 0.362. The van der Waals surface area contributed by atoms with Gasteiger partial charge in [-0.1, -0.05) is 36.4 Å². The Bertz CT molecular complexity index is 1290. The van der Waals surface area contributed by atoms with Crippen LogP contribution in [-0.2, 0) is 0 Å². The fourth-order valence-corrected chi connectivity index (χ4v) is 4.11. The fourth-order valence-electron chi connectivity index (χ4n) is 4.11. The van der Waals surface area contributed by atoms with E-state index in [9.17, 15) is 5.11 Å². The molecule has 1 aliphatic rings. The van der Waals surface area contributed by atoms with Crippen LogP contribution in [0.2, 0.25) is 0 Å². The van der Waals surface area contributed by atoms with Crippen molar-refractivity contribution in [2.24, 2.45) is 10.2 Å². The summed E-state index contributed by atoms with van der Waals surface area (Å²) in [5.41, 5.74) is 2.18. The predicted octanol–water partition coefficient (Wildman–Crippen LogP) is 5.87. The van der Waals surface area contributed by atoms with E-state index in [1.807, 2.05) is 73.0 Å². The molecule has 4 aromatic rings. The first-order valence-corrected chi connectivity index (χ1v) is 11.2. The van der Waals surface area contributed by atoms with E-state index in [1.54, 1.807) is 0 Å². The predicted molar refractivity (Wildman–Crippen MR) is 129 cm³/mol. The largest absolute Gasteiger partial charge is 0.493 e. The number of aromatic nitrogens is 4. The topological polar surface area (TPSA) is 104 Å². The number of rotatable bonds is 6. The Labute approximate surface area is 191 Å². The minimum absolute atomic E-state index is 0.0690. The molecule has 9 nitrogen and oxygen atoms in total. The van der Waals surface area contributed by atoms with E-state index in [4.69, 9.17) is 0 Å². The number of azo groups is 1. The molecule has 2 N–H and O–H groups in total. The number of aromatic hydroxyl groups is 1. The highest BCUT2D eigenvalue weighted by Gasteiger charge is 2.20. The van der Waals surface area contributed by atoms with Gasteiger partial charge in [0.05, 0.1) is 5.52 Å². The first-order chi connectivity index (χ1) is 16.1. The molecule has 5 rings (SSSR count). The molecule has 3 heterocycles. The molecule has 9 heteroatoms. The van der Waals surface area contributed by atoms with E-state index >= 15 is 0 Å². The first kappa shape index (κ1) is 20.9. The van der Waals surface area contributed by atoms with Crippen molar-refractivity contribution >= 4 is 40.1 Å². The summed E-state index contributed by atoms with van der Waals surface area (Å²) in [6.07, 6.45) is 2.21. The summed E-state index contributed by atoms with van der Waals surface area (Å²) in [6, 6.07) is 17.5. The minimum atomic E-state index is 0.0690. The molecule has 0 amide bonds. The molecule has 2 aromatic carbocycles. The number of anilines is 3. The van der Waals surface area contributed by atoms with Gasteiger partial charge in [0.2, 0.25) is 17.8 Å². The summed E-state index contributed by atoms with van der Waals surface area (Å²) in [5, 5.41) is 23.6. The molecule has 0 saturated carbocycles. The Balaban J connectivity index is 1.54. The van der Waals surface area contributed by atoms with Gasteiger partial charge < -0.3 is 19.9 Å². The van der Waals surface area contributed by atoms with E-state index in [-0.39, 0.29) is 17.9 Å². The Morgan fingerprint density at radius 3 is 2.39 bits per heavy atom. The van der Waals surface area contributed by atoms with Crippen LogP contribution >= 0.6 is 0 Å². The molecule has 0 unspecified atom stereocenters. The molecule has 0 radical (unpaired) electrons. The number of hydrogen-bond acceptors (Lipinski definition) is 8. The van der Waals surface area contributed by atoms with Gasteiger partial charge in [0, 0.05) is 30.2 Å². The summed E-state index contributed by atoms with van der Waals surface area (Å²) in [7, 11) is 0.